The second kappa shape index (κ2) is 7.13. The van der Waals surface area contributed by atoms with Crippen LogP contribution in [0.1, 0.15) is 6.42 Å². The summed E-state index contributed by atoms with van der Waals surface area (Å²) in [4.78, 5) is 18.0. The molecule has 0 saturated heterocycles. The van der Waals surface area contributed by atoms with Crippen molar-refractivity contribution in [2.75, 3.05) is 18.5 Å². The van der Waals surface area contributed by atoms with E-state index in [1.165, 1.54) is 6.33 Å². The van der Waals surface area contributed by atoms with E-state index >= 15 is 0 Å². The minimum Gasteiger partial charge on any atom is -0.494 e. The molecule has 0 saturated carbocycles. The standard InChI is InChI=1S/C13H14IN3O2/c14-11-12(16-9-17-13(11)18)15-7-4-8-19-10-5-2-1-3-6-10/h1-3,5-6,9H,4,7-8H2,(H2,15,16,17,18). The highest BCUT2D eigenvalue weighted by Gasteiger charge is 2.03. The first-order valence-electron chi connectivity index (χ1n) is 5.92. The van der Waals surface area contributed by atoms with Crippen LogP contribution in [-0.4, -0.2) is 23.1 Å². The first-order valence-corrected chi connectivity index (χ1v) is 7.00. The summed E-state index contributed by atoms with van der Waals surface area (Å²) in [6, 6.07) is 9.69. The molecule has 0 bridgehead atoms. The topological polar surface area (TPSA) is 67.0 Å². The Kier molecular flexibility index (Phi) is 5.20. The van der Waals surface area contributed by atoms with Crippen LogP contribution < -0.4 is 15.6 Å². The zero-order valence-electron chi connectivity index (χ0n) is 10.2. The van der Waals surface area contributed by atoms with Crippen LogP contribution in [0.5, 0.6) is 5.75 Å². The van der Waals surface area contributed by atoms with Crippen molar-refractivity contribution in [3.05, 3.63) is 50.6 Å². The van der Waals surface area contributed by atoms with Crippen LogP contribution in [0.2, 0.25) is 0 Å². The van der Waals surface area contributed by atoms with E-state index in [4.69, 9.17) is 4.74 Å². The maximum Gasteiger partial charge on any atom is 0.266 e. The Morgan fingerprint density at radius 2 is 2.11 bits per heavy atom. The van der Waals surface area contributed by atoms with Crippen LogP contribution in [0.25, 0.3) is 0 Å². The molecule has 2 N–H and O–H groups in total. The van der Waals surface area contributed by atoms with Gasteiger partial charge in [0, 0.05) is 6.54 Å². The van der Waals surface area contributed by atoms with Gasteiger partial charge in [0.1, 0.15) is 15.1 Å². The van der Waals surface area contributed by atoms with Crippen LogP contribution in [0.4, 0.5) is 5.82 Å². The lowest BCUT2D eigenvalue weighted by atomic mass is 10.3. The molecule has 6 heteroatoms. The summed E-state index contributed by atoms with van der Waals surface area (Å²) in [6.45, 7) is 1.33. The average Bonchev–Trinajstić information content (AvgIpc) is 2.44. The molecule has 0 unspecified atom stereocenters. The van der Waals surface area contributed by atoms with Gasteiger partial charge in [0.15, 0.2) is 0 Å². The van der Waals surface area contributed by atoms with E-state index in [0.29, 0.717) is 22.5 Å². The molecule has 0 aliphatic rings. The SMILES string of the molecule is O=c1[nH]cnc(NCCCOc2ccccc2)c1I. The van der Waals surface area contributed by atoms with Crippen molar-refractivity contribution in [3.63, 3.8) is 0 Å². The summed E-state index contributed by atoms with van der Waals surface area (Å²) in [5, 5.41) is 3.12. The van der Waals surface area contributed by atoms with Crippen molar-refractivity contribution in [2.24, 2.45) is 0 Å². The molecule has 19 heavy (non-hydrogen) atoms. The fourth-order valence-corrected chi connectivity index (χ4v) is 1.98. The molecular formula is C13H14IN3O2. The number of halogens is 1. The van der Waals surface area contributed by atoms with E-state index in [2.05, 4.69) is 15.3 Å². The molecule has 5 nitrogen and oxygen atoms in total. The van der Waals surface area contributed by atoms with Crippen molar-refractivity contribution >= 4 is 28.4 Å². The molecule has 1 heterocycles. The second-order valence-electron chi connectivity index (χ2n) is 3.84. The van der Waals surface area contributed by atoms with Crippen molar-refractivity contribution in [2.45, 2.75) is 6.42 Å². The van der Waals surface area contributed by atoms with Crippen LogP contribution >= 0.6 is 22.6 Å². The third-order valence-electron chi connectivity index (χ3n) is 2.42. The predicted octanol–water partition coefficient (Wildman–Crippen LogP) is 2.26. The molecule has 2 rings (SSSR count). The lowest BCUT2D eigenvalue weighted by Crippen LogP contribution is -2.16. The number of hydrogen-bond acceptors (Lipinski definition) is 4. The normalized spacial score (nSPS) is 10.2. The van der Waals surface area contributed by atoms with Crippen LogP contribution in [0.3, 0.4) is 0 Å². The summed E-state index contributed by atoms with van der Waals surface area (Å²) in [6.07, 6.45) is 2.23. The van der Waals surface area contributed by atoms with Gasteiger partial charge in [-0.15, -0.1) is 0 Å². The first-order chi connectivity index (χ1) is 9.27. The second-order valence-corrected chi connectivity index (χ2v) is 4.91. The highest BCUT2D eigenvalue weighted by molar-refractivity contribution is 14.1. The Bertz CT molecular complexity index is 572. The molecule has 0 aliphatic heterocycles. The van der Waals surface area contributed by atoms with Crippen LogP contribution in [0, 0.1) is 3.57 Å². The van der Waals surface area contributed by atoms with Gasteiger partial charge >= 0.3 is 0 Å². The molecule has 100 valence electrons. The number of ether oxygens (including phenoxy) is 1. The zero-order valence-corrected chi connectivity index (χ0v) is 12.4. The van der Waals surface area contributed by atoms with Crippen LogP contribution in [0.15, 0.2) is 41.5 Å². The zero-order chi connectivity index (χ0) is 13.5. The fourth-order valence-electron chi connectivity index (χ4n) is 1.49. The van der Waals surface area contributed by atoms with E-state index in [1.807, 2.05) is 52.9 Å². The summed E-state index contributed by atoms with van der Waals surface area (Å²) in [7, 11) is 0. The molecular weight excluding hydrogens is 357 g/mol. The van der Waals surface area contributed by atoms with Crippen molar-refractivity contribution in [3.8, 4) is 5.75 Å². The van der Waals surface area contributed by atoms with Gasteiger partial charge in [-0.3, -0.25) is 4.79 Å². The lowest BCUT2D eigenvalue weighted by molar-refractivity contribution is 0.315. The largest absolute Gasteiger partial charge is 0.494 e. The molecule has 1 aromatic heterocycles. The number of hydrogen-bond donors (Lipinski definition) is 2. The molecule has 0 spiro atoms. The monoisotopic (exact) mass is 371 g/mol. The van der Waals surface area contributed by atoms with Crippen molar-refractivity contribution < 1.29 is 4.74 Å². The Morgan fingerprint density at radius 3 is 2.89 bits per heavy atom. The molecule has 0 fully saturated rings. The Balaban J connectivity index is 1.72. The molecule has 0 radical (unpaired) electrons. The average molecular weight is 371 g/mol. The minimum atomic E-state index is -0.126. The van der Waals surface area contributed by atoms with E-state index in [-0.39, 0.29) is 5.56 Å². The minimum absolute atomic E-state index is 0.126. The maximum absolute atomic E-state index is 11.3. The highest BCUT2D eigenvalue weighted by Crippen LogP contribution is 2.10. The van der Waals surface area contributed by atoms with Gasteiger partial charge in [0.2, 0.25) is 0 Å². The van der Waals surface area contributed by atoms with Gasteiger partial charge in [-0.25, -0.2) is 4.98 Å². The molecule has 2 aromatic rings. The summed E-state index contributed by atoms with van der Waals surface area (Å²) >= 11 is 1.98. The number of benzene rings is 1. The number of H-pyrrole nitrogens is 1. The van der Waals surface area contributed by atoms with Gasteiger partial charge in [-0.1, -0.05) is 18.2 Å². The number of nitrogens with one attached hydrogen (secondary N) is 2. The smallest absolute Gasteiger partial charge is 0.266 e. The molecule has 0 atom stereocenters. The fraction of sp³-hybridized carbons (Fsp3) is 0.231. The van der Waals surface area contributed by atoms with E-state index in [1.54, 1.807) is 0 Å². The van der Waals surface area contributed by atoms with E-state index in [0.717, 1.165) is 12.2 Å². The van der Waals surface area contributed by atoms with E-state index in [9.17, 15) is 4.79 Å². The third kappa shape index (κ3) is 4.23. The van der Waals surface area contributed by atoms with E-state index < -0.39 is 0 Å². The molecule has 1 aromatic carbocycles. The summed E-state index contributed by atoms with van der Waals surface area (Å²) in [5.74, 6) is 1.48. The van der Waals surface area contributed by atoms with Crippen molar-refractivity contribution in [1.29, 1.82) is 0 Å². The Labute approximate surface area is 124 Å². The van der Waals surface area contributed by atoms with Gasteiger partial charge in [0.05, 0.1) is 12.9 Å². The highest BCUT2D eigenvalue weighted by atomic mass is 127. The van der Waals surface area contributed by atoms with Crippen molar-refractivity contribution in [1.82, 2.24) is 9.97 Å². The molecule has 0 aliphatic carbocycles. The van der Waals surface area contributed by atoms with Gasteiger partial charge in [-0.05, 0) is 41.1 Å². The molecule has 0 amide bonds. The summed E-state index contributed by atoms with van der Waals surface area (Å²) in [5.41, 5.74) is -0.126. The Hall–Kier alpha value is -1.57. The quantitative estimate of drug-likeness (QED) is 0.604. The Morgan fingerprint density at radius 1 is 1.32 bits per heavy atom. The number of nitrogens with zero attached hydrogens (tertiary/aromatic N) is 1. The number of anilines is 1. The lowest BCUT2D eigenvalue weighted by Gasteiger charge is -2.08. The van der Waals surface area contributed by atoms with Gasteiger partial charge in [0.25, 0.3) is 5.56 Å². The van der Waals surface area contributed by atoms with Gasteiger partial charge in [-0.2, -0.15) is 0 Å². The number of aromatic amines is 1. The van der Waals surface area contributed by atoms with Crippen LogP contribution in [-0.2, 0) is 0 Å². The third-order valence-corrected chi connectivity index (χ3v) is 3.42. The number of aromatic nitrogens is 2. The predicted molar refractivity (Wildman–Crippen MR) is 82.6 cm³/mol. The first kappa shape index (κ1) is 13.9. The van der Waals surface area contributed by atoms with Gasteiger partial charge < -0.3 is 15.0 Å². The number of rotatable bonds is 6. The summed E-state index contributed by atoms with van der Waals surface area (Å²) < 4.78 is 6.14. The number of para-hydroxylation sites is 1. The maximum atomic E-state index is 11.3.